The normalized spacial score (nSPS) is 37.6. The Bertz CT molecular complexity index is 752. The van der Waals surface area contributed by atoms with Crippen LogP contribution in [0, 0.1) is 17.3 Å². The summed E-state index contributed by atoms with van der Waals surface area (Å²) >= 11 is 0. The Kier molecular flexibility index (Phi) is 7.56. The first-order valence-corrected chi connectivity index (χ1v) is 15.7. The number of methoxy groups -OCH3 is 2. The van der Waals surface area contributed by atoms with Gasteiger partial charge in [-0.15, -0.1) is 0 Å². The van der Waals surface area contributed by atoms with E-state index >= 15 is 0 Å². The van der Waals surface area contributed by atoms with Crippen LogP contribution >= 0.6 is 0 Å². The van der Waals surface area contributed by atoms with E-state index in [0.717, 1.165) is 25.7 Å². The van der Waals surface area contributed by atoms with E-state index in [4.69, 9.17) is 18.6 Å². The van der Waals surface area contributed by atoms with Crippen molar-refractivity contribution in [2.45, 2.75) is 96.7 Å². The van der Waals surface area contributed by atoms with Crippen LogP contribution in [0.15, 0.2) is 22.8 Å². The molecule has 6 heteroatoms. The first kappa shape index (κ1) is 26.1. The molecular formula is C26H46O5Si. The highest BCUT2D eigenvalue weighted by Crippen LogP contribution is 2.57. The second-order valence-corrected chi connectivity index (χ2v) is 16.4. The topological polar surface area (TPSA) is 57.2 Å². The molecule has 0 spiro atoms. The molecule has 1 fully saturated rings. The fourth-order valence-electron chi connectivity index (χ4n) is 6.44. The Morgan fingerprint density at radius 2 is 1.84 bits per heavy atom. The van der Waals surface area contributed by atoms with Gasteiger partial charge in [0.15, 0.2) is 8.32 Å². The number of aliphatic hydroxyl groups is 1. The van der Waals surface area contributed by atoms with E-state index in [1.165, 1.54) is 16.7 Å². The minimum Gasteiger partial charge on any atom is -0.406 e. The van der Waals surface area contributed by atoms with Gasteiger partial charge in [0.1, 0.15) is 12.4 Å². The van der Waals surface area contributed by atoms with Gasteiger partial charge >= 0.3 is 0 Å². The molecule has 0 bridgehead atoms. The van der Waals surface area contributed by atoms with Gasteiger partial charge in [-0.3, -0.25) is 0 Å². The lowest BCUT2D eigenvalue weighted by molar-refractivity contribution is -0.0980. The summed E-state index contributed by atoms with van der Waals surface area (Å²) in [5.41, 5.74) is 3.12. The number of ether oxygens (including phenoxy) is 3. The molecule has 3 rings (SSSR count). The van der Waals surface area contributed by atoms with Crippen LogP contribution in [0.1, 0.15) is 59.8 Å². The molecule has 0 aliphatic heterocycles. The summed E-state index contributed by atoms with van der Waals surface area (Å²) in [7, 11) is 1.62. The van der Waals surface area contributed by atoms with Crippen molar-refractivity contribution in [1.82, 2.24) is 0 Å². The number of aliphatic hydroxyl groups excluding tert-OH is 1. The first-order chi connectivity index (χ1) is 14.8. The van der Waals surface area contributed by atoms with Gasteiger partial charge in [0, 0.05) is 19.6 Å². The highest BCUT2D eigenvalue weighted by Gasteiger charge is 2.53. The van der Waals surface area contributed by atoms with Crippen molar-refractivity contribution in [3.05, 3.63) is 22.8 Å². The number of rotatable bonds is 8. The monoisotopic (exact) mass is 466 g/mol. The highest BCUT2D eigenvalue weighted by molar-refractivity contribution is 6.69. The van der Waals surface area contributed by atoms with Crippen molar-refractivity contribution in [2.75, 3.05) is 27.6 Å². The van der Waals surface area contributed by atoms with Crippen molar-refractivity contribution in [3.63, 3.8) is 0 Å². The quantitative estimate of drug-likeness (QED) is 0.293. The molecule has 0 aromatic carbocycles. The Morgan fingerprint density at radius 3 is 2.44 bits per heavy atom. The second-order valence-electron chi connectivity index (χ2n) is 12.0. The average molecular weight is 467 g/mol. The van der Waals surface area contributed by atoms with Crippen LogP contribution < -0.4 is 0 Å². The maximum atomic E-state index is 11.4. The second kappa shape index (κ2) is 9.27. The first-order valence-electron chi connectivity index (χ1n) is 12.2. The summed E-state index contributed by atoms with van der Waals surface area (Å²) in [5, 5.41) is 11.4. The molecule has 0 radical (unpaired) electrons. The summed E-state index contributed by atoms with van der Waals surface area (Å²) in [6, 6.07) is 0. The fraction of sp³-hybridized carbons (Fsp3) is 0.846. The molecule has 0 aromatic rings. The zero-order valence-corrected chi connectivity index (χ0v) is 22.8. The van der Waals surface area contributed by atoms with E-state index in [1.54, 1.807) is 14.2 Å². The Morgan fingerprint density at radius 1 is 1.16 bits per heavy atom. The average Bonchev–Trinajstić information content (AvgIpc) is 3.16. The van der Waals surface area contributed by atoms with Crippen LogP contribution in [0.2, 0.25) is 19.6 Å². The molecule has 0 aromatic heterocycles. The summed E-state index contributed by atoms with van der Waals surface area (Å²) in [4.78, 5) is 0. The maximum Gasteiger partial charge on any atom is 0.185 e. The lowest BCUT2D eigenvalue weighted by atomic mass is 9.69. The smallest absolute Gasteiger partial charge is 0.185 e. The molecule has 5 atom stereocenters. The minimum atomic E-state index is -1.82. The molecule has 184 valence electrons. The van der Waals surface area contributed by atoms with E-state index in [9.17, 15) is 5.11 Å². The van der Waals surface area contributed by atoms with Gasteiger partial charge in [0.25, 0.3) is 0 Å². The molecule has 3 aliphatic carbocycles. The van der Waals surface area contributed by atoms with Crippen molar-refractivity contribution >= 4 is 8.32 Å². The van der Waals surface area contributed by atoms with Crippen LogP contribution in [-0.4, -0.2) is 58.3 Å². The van der Waals surface area contributed by atoms with E-state index in [0.29, 0.717) is 18.9 Å². The molecule has 0 amide bonds. The molecule has 0 heterocycles. The van der Waals surface area contributed by atoms with E-state index in [1.807, 2.05) is 0 Å². The summed E-state index contributed by atoms with van der Waals surface area (Å²) in [5.74, 6) is 0.504. The molecule has 3 aliphatic rings. The zero-order valence-electron chi connectivity index (χ0n) is 21.8. The molecule has 1 saturated carbocycles. The number of allylic oxidation sites excluding steroid dienone is 1. The van der Waals surface area contributed by atoms with E-state index < -0.39 is 13.9 Å². The predicted octanol–water partition coefficient (Wildman–Crippen LogP) is 5.46. The van der Waals surface area contributed by atoms with Crippen molar-refractivity contribution in [2.24, 2.45) is 17.3 Å². The summed E-state index contributed by atoms with van der Waals surface area (Å²) in [6.07, 6.45) is 6.87. The lowest BCUT2D eigenvalue weighted by Gasteiger charge is -2.43. The SMILES string of the molecule is COCOC(C)(C)C1=C2C[C@@H](O)[C@H](C)[C@@H]3CC[C@@](COC)(O[Si](C)(C)C)/C3=C/[C@@]2(C)CC1. The Hall–Kier alpha value is -0.503. The third-order valence-electron chi connectivity index (χ3n) is 8.01. The van der Waals surface area contributed by atoms with Crippen molar-refractivity contribution < 1.29 is 23.7 Å². The summed E-state index contributed by atoms with van der Waals surface area (Å²) in [6.45, 7) is 16.4. The Labute approximate surface area is 196 Å². The van der Waals surface area contributed by atoms with Gasteiger partial charge in [-0.2, -0.15) is 0 Å². The summed E-state index contributed by atoms with van der Waals surface area (Å²) < 4.78 is 24.0. The van der Waals surface area contributed by atoms with Gasteiger partial charge in [-0.05, 0) is 88.6 Å². The molecule has 1 N–H and O–H groups in total. The minimum absolute atomic E-state index is 0.107. The molecule has 32 heavy (non-hydrogen) atoms. The van der Waals surface area contributed by atoms with Crippen LogP contribution in [0.25, 0.3) is 0 Å². The third-order valence-corrected chi connectivity index (χ3v) is 9.01. The van der Waals surface area contributed by atoms with Crippen molar-refractivity contribution in [3.8, 4) is 0 Å². The largest absolute Gasteiger partial charge is 0.406 e. The standard InChI is InChI=1S/C26H46O5Si/c1-18-19-10-13-26(16-28-5,31-32(7,8)9)22(19)15-25(4)12-11-20(21(25)14-23(18)27)24(2,3)30-17-29-6/h15,18-19,23,27H,10-14,16-17H2,1-9H3/b22-15+/t18-,19+,23-,25-,26+/m1/s1. The highest BCUT2D eigenvalue weighted by atomic mass is 28.4. The van der Waals surface area contributed by atoms with Gasteiger partial charge in [-0.1, -0.05) is 25.5 Å². The van der Waals surface area contributed by atoms with Gasteiger partial charge in [0.2, 0.25) is 0 Å². The van der Waals surface area contributed by atoms with Gasteiger partial charge in [-0.25, -0.2) is 0 Å². The van der Waals surface area contributed by atoms with Crippen LogP contribution in [0.5, 0.6) is 0 Å². The number of fused-ring (bicyclic) bond motifs is 2. The van der Waals surface area contributed by atoms with Gasteiger partial charge < -0.3 is 23.7 Å². The van der Waals surface area contributed by atoms with E-state index in [2.05, 4.69) is 53.4 Å². The molecule has 0 saturated heterocycles. The van der Waals surface area contributed by atoms with Crippen LogP contribution in [-0.2, 0) is 18.6 Å². The number of hydrogen-bond acceptors (Lipinski definition) is 5. The number of hydrogen-bond donors (Lipinski definition) is 1. The Balaban J connectivity index is 2.15. The van der Waals surface area contributed by atoms with Crippen molar-refractivity contribution in [1.29, 1.82) is 0 Å². The maximum absolute atomic E-state index is 11.4. The predicted molar refractivity (Wildman–Crippen MR) is 131 cm³/mol. The van der Waals surface area contributed by atoms with Gasteiger partial charge in [0.05, 0.1) is 18.3 Å². The molecular weight excluding hydrogens is 420 g/mol. The van der Waals surface area contributed by atoms with Crippen LogP contribution in [0.4, 0.5) is 0 Å². The third kappa shape index (κ3) is 4.96. The van der Waals surface area contributed by atoms with Crippen LogP contribution in [0.3, 0.4) is 0 Å². The molecule has 0 unspecified atom stereocenters. The van der Waals surface area contributed by atoms with E-state index in [-0.39, 0.29) is 29.8 Å². The zero-order chi connectivity index (χ0) is 23.9. The molecule has 5 nitrogen and oxygen atoms in total. The fourth-order valence-corrected chi connectivity index (χ4v) is 7.89. The lowest BCUT2D eigenvalue weighted by Crippen LogP contribution is -2.47.